The highest BCUT2D eigenvalue weighted by atomic mass is 35.5. The standard InChI is InChI=1S/C27H25Cl2NO6/c28-21-11-13-24(22(29)15-21)34-18-25(31)30-23(27(33)36-17-20-9-5-2-6-10-20)12-14-26(32)35-16-19-7-3-1-4-8-19/h1-11,13,15,23H,12,14,16-18H2,(H,30,31). The van der Waals surface area contributed by atoms with Crippen LogP contribution < -0.4 is 10.1 Å². The van der Waals surface area contributed by atoms with E-state index in [0.29, 0.717) is 5.02 Å². The zero-order valence-electron chi connectivity index (χ0n) is 19.3. The first kappa shape index (κ1) is 27.0. The third-order valence-electron chi connectivity index (χ3n) is 4.98. The molecule has 0 spiro atoms. The van der Waals surface area contributed by atoms with Gasteiger partial charge in [0.25, 0.3) is 5.91 Å². The first-order chi connectivity index (χ1) is 17.4. The molecule has 3 rings (SSSR count). The van der Waals surface area contributed by atoms with E-state index in [1.54, 1.807) is 6.07 Å². The van der Waals surface area contributed by atoms with Crippen molar-refractivity contribution in [3.05, 3.63) is 100 Å². The van der Waals surface area contributed by atoms with E-state index >= 15 is 0 Å². The lowest BCUT2D eigenvalue weighted by Crippen LogP contribution is -2.44. The van der Waals surface area contributed by atoms with Crippen LogP contribution in [0.4, 0.5) is 0 Å². The van der Waals surface area contributed by atoms with Crippen LogP contribution in [0.3, 0.4) is 0 Å². The number of carbonyl (C=O) groups excluding carboxylic acids is 3. The molecule has 0 aliphatic rings. The fourth-order valence-electron chi connectivity index (χ4n) is 3.12. The number of hydrogen-bond acceptors (Lipinski definition) is 6. The summed E-state index contributed by atoms with van der Waals surface area (Å²) in [5.74, 6) is -1.49. The van der Waals surface area contributed by atoms with Gasteiger partial charge in [-0.25, -0.2) is 4.79 Å². The lowest BCUT2D eigenvalue weighted by molar-refractivity contribution is -0.150. The summed E-state index contributed by atoms with van der Waals surface area (Å²) in [5, 5.41) is 3.24. The van der Waals surface area contributed by atoms with Crippen LogP contribution >= 0.6 is 23.2 Å². The van der Waals surface area contributed by atoms with Crippen molar-refractivity contribution < 1.29 is 28.6 Å². The number of amides is 1. The van der Waals surface area contributed by atoms with Crippen LogP contribution in [0.5, 0.6) is 5.75 Å². The molecule has 0 aliphatic carbocycles. The molecule has 0 aromatic heterocycles. The van der Waals surface area contributed by atoms with Gasteiger partial charge in [0.15, 0.2) is 6.61 Å². The Morgan fingerprint density at radius 3 is 2.03 bits per heavy atom. The Labute approximate surface area is 219 Å². The van der Waals surface area contributed by atoms with Gasteiger partial charge in [0.05, 0.1) is 5.02 Å². The molecule has 1 atom stereocenters. The van der Waals surface area contributed by atoms with Crippen LogP contribution in [-0.4, -0.2) is 30.5 Å². The second kappa shape index (κ2) is 14.1. The Balaban J connectivity index is 1.55. The highest BCUT2D eigenvalue weighted by Gasteiger charge is 2.24. The van der Waals surface area contributed by atoms with Gasteiger partial charge in [-0.2, -0.15) is 0 Å². The topological polar surface area (TPSA) is 90.9 Å². The van der Waals surface area contributed by atoms with E-state index in [9.17, 15) is 14.4 Å². The number of hydrogen-bond donors (Lipinski definition) is 1. The summed E-state index contributed by atoms with van der Waals surface area (Å²) in [4.78, 5) is 37.5. The van der Waals surface area contributed by atoms with E-state index in [4.69, 9.17) is 37.4 Å². The maximum atomic E-state index is 12.7. The lowest BCUT2D eigenvalue weighted by Gasteiger charge is -2.18. The van der Waals surface area contributed by atoms with Gasteiger partial charge in [-0.15, -0.1) is 0 Å². The van der Waals surface area contributed by atoms with Crippen molar-refractivity contribution in [2.45, 2.75) is 32.1 Å². The summed E-state index contributed by atoms with van der Waals surface area (Å²) >= 11 is 11.9. The monoisotopic (exact) mass is 529 g/mol. The van der Waals surface area contributed by atoms with Crippen LogP contribution in [0.25, 0.3) is 0 Å². The molecule has 0 heterocycles. The molecular weight excluding hydrogens is 505 g/mol. The van der Waals surface area contributed by atoms with Crippen molar-refractivity contribution >= 4 is 41.0 Å². The zero-order chi connectivity index (χ0) is 25.8. The molecule has 188 valence electrons. The fraction of sp³-hybridized carbons (Fsp3) is 0.222. The summed E-state index contributed by atoms with van der Waals surface area (Å²) in [6, 6.07) is 21.9. The maximum Gasteiger partial charge on any atom is 0.328 e. The normalized spacial score (nSPS) is 11.3. The zero-order valence-corrected chi connectivity index (χ0v) is 20.8. The van der Waals surface area contributed by atoms with E-state index in [-0.39, 0.29) is 36.8 Å². The molecule has 0 saturated heterocycles. The predicted molar refractivity (Wildman–Crippen MR) is 136 cm³/mol. The van der Waals surface area contributed by atoms with Crippen molar-refractivity contribution in [1.82, 2.24) is 5.32 Å². The number of nitrogens with one attached hydrogen (secondary N) is 1. The van der Waals surface area contributed by atoms with Crippen LogP contribution in [0.2, 0.25) is 10.0 Å². The van der Waals surface area contributed by atoms with Crippen LogP contribution in [-0.2, 0) is 37.1 Å². The van der Waals surface area contributed by atoms with Gasteiger partial charge in [-0.1, -0.05) is 83.9 Å². The number of benzene rings is 3. The number of halogens is 2. The van der Waals surface area contributed by atoms with Crippen LogP contribution in [0.15, 0.2) is 78.9 Å². The highest BCUT2D eigenvalue weighted by molar-refractivity contribution is 6.35. The molecular formula is C27H25Cl2NO6. The fourth-order valence-corrected chi connectivity index (χ4v) is 3.59. The van der Waals surface area contributed by atoms with E-state index < -0.39 is 30.5 Å². The Morgan fingerprint density at radius 2 is 1.42 bits per heavy atom. The van der Waals surface area contributed by atoms with E-state index in [1.165, 1.54) is 12.1 Å². The third-order valence-corrected chi connectivity index (χ3v) is 5.51. The molecule has 1 N–H and O–H groups in total. The number of esters is 2. The van der Waals surface area contributed by atoms with E-state index in [1.807, 2.05) is 60.7 Å². The summed E-state index contributed by atoms with van der Waals surface area (Å²) in [7, 11) is 0. The predicted octanol–water partition coefficient (Wildman–Crippen LogP) is 5.12. The molecule has 0 aliphatic heterocycles. The SMILES string of the molecule is O=C(COc1ccc(Cl)cc1Cl)NC(CCC(=O)OCc1ccccc1)C(=O)OCc1ccccc1. The van der Waals surface area contributed by atoms with Crippen molar-refractivity contribution in [1.29, 1.82) is 0 Å². The maximum absolute atomic E-state index is 12.7. The van der Waals surface area contributed by atoms with Crippen LogP contribution in [0, 0.1) is 0 Å². The number of ether oxygens (including phenoxy) is 3. The van der Waals surface area contributed by atoms with Crippen molar-refractivity contribution in [3.8, 4) is 5.75 Å². The lowest BCUT2D eigenvalue weighted by atomic mass is 10.1. The quantitative estimate of drug-likeness (QED) is 0.327. The van der Waals surface area contributed by atoms with Crippen molar-refractivity contribution in [2.24, 2.45) is 0 Å². The molecule has 9 heteroatoms. The summed E-state index contributed by atoms with van der Waals surface area (Å²) in [6.45, 7) is -0.255. The first-order valence-corrected chi connectivity index (χ1v) is 11.9. The molecule has 1 amide bonds. The molecule has 3 aromatic rings. The van der Waals surface area contributed by atoms with Gasteiger partial charge >= 0.3 is 11.9 Å². The highest BCUT2D eigenvalue weighted by Crippen LogP contribution is 2.27. The molecule has 0 radical (unpaired) electrons. The molecule has 0 bridgehead atoms. The number of carbonyl (C=O) groups is 3. The smallest absolute Gasteiger partial charge is 0.328 e. The minimum atomic E-state index is -1.07. The second-order valence-electron chi connectivity index (χ2n) is 7.76. The average molecular weight is 530 g/mol. The van der Waals surface area contributed by atoms with Crippen LogP contribution in [0.1, 0.15) is 24.0 Å². The first-order valence-electron chi connectivity index (χ1n) is 11.2. The van der Waals surface area contributed by atoms with Crippen molar-refractivity contribution in [2.75, 3.05) is 6.61 Å². The van der Waals surface area contributed by atoms with Gasteiger partial charge < -0.3 is 19.5 Å². The van der Waals surface area contributed by atoms with Gasteiger partial charge in [0, 0.05) is 11.4 Å². The van der Waals surface area contributed by atoms with Gasteiger partial charge in [0.2, 0.25) is 0 Å². The number of rotatable bonds is 12. The molecule has 3 aromatic carbocycles. The Kier molecular flexibility index (Phi) is 10.6. The molecule has 0 saturated carbocycles. The van der Waals surface area contributed by atoms with Gasteiger partial charge in [-0.05, 0) is 35.7 Å². The average Bonchev–Trinajstić information content (AvgIpc) is 2.89. The Bertz CT molecular complexity index is 1160. The molecule has 0 fully saturated rings. The minimum Gasteiger partial charge on any atom is -0.482 e. The second-order valence-corrected chi connectivity index (χ2v) is 8.61. The molecule has 7 nitrogen and oxygen atoms in total. The Hall–Kier alpha value is -3.55. The van der Waals surface area contributed by atoms with Gasteiger partial charge in [-0.3, -0.25) is 9.59 Å². The third kappa shape index (κ3) is 9.24. The van der Waals surface area contributed by atoms with Crippen molar-refractivity contribution in [3.63, 3.8) is 0 Å². The Morgan fingerprint density at radius 1 is 0.806 bits per heavy atom. The largest absolute Gasteiger partial charge is 0.482 e. The van der Waals surface area contributed by atoms with E-state index in [0.717, 1.165) is 11.1 Å². The minimum absolute atomic E-state index is 0.00527. The summed E-state index contributed by atoms with van der Waals surface area (Å²) in [6.07, 6.45) is -0.100. The van der Waals surface area contributed by atoms with Gasteiger partial charge in [0.1, 0.15) is 25.0 Å². The molecule has 36 heavy (non-hydrogen) atoms. The van der Waals surface area contributed by atoms with E-state index in [2.05, 4.69) is 5.32 Å². The summed E-state index contributed by atoms with van der Waals surface area (Å²) < 4.78 is 16.1. The summed E-state index contributed by atoms with van der Waals surface area (Å²) in [5.41, 5.74) is 1.63. The molecule has 1 unspecified atom stereocenters.